The maximum absolute atomic E-state index is 12.3. The summed E-state index contributed by atoms with van der Waals surface area (Å²) >= 11 is 0. The van der Waals surface area contributed by atoms with E-state index in [9.17, 15) is 14.9 Å². The number of nitro benzene ring substituents is 1. The Morgan fingerprint density at radius 1 is 1.46 bits per heavy atom. The molecule has 2 heterocycles. The van der Waals surface area contributed by atoms with Crippen molar-refractivity contribution in [3.05, 3.63) is 52.3 Å². The molecule has 1 aliphatic heterocycles. The summed E-state index contributed by atoms with van der Waals surface area (Å²) in [5.41, 5.74) is 0.823. The number of piperidine rings is 1. The highest BCUT2D eigenvalue weighted by Gasteiger charge is 2.21. The zero-order valence-corrected chi connectivity index (χ0v) is 13.3. The van der Waals surface area contributed by atoms with Gasteiger partial charge in [-0.25, -0.2) is 4.68 Å². The minimum atomic E-state index is -0.459. The Morgan fingerprint density at radius 3 is 3.04 bits per heavy atom. The number of amides is 1. The predicted octanol–water partition coefficient (Wildman–Crippen LogP) is 1.65. The third-order valence-electron chi connectivity index (χ3n) is 4.09. The molecule has 8 nitrogen and oxygen atoms in total. The molecule has 1 aliphatic rings. The van der Waals surface area contributed by atoms with Crippen LogP contribution in [0.4, 0.5) is 5.69 Å². The molecule has 24 heavy (non-hydrogen) atoms. The number of hydrogen-bond donors (Lipinski definition) is 2. The molecule has 1 aromatic carbocycles. The van der Waals surface area contributed by atoms with E-state index < -0.39 is 4.92 Å². The van der Waals surface area contributed by atoms with Crippen molar-refractivity contribution in [2.24, 2.45) is 0 Å². The summed E-state index contributed by atoms with van der Waals surface area (Å²) in [7, 11) is 0. The Hall–Kier alpha value is -2.74. The van der Waals surface area contributed by atoms with Gasteiger partial charge in [0.15, 0.2) is 5.69 Å². The molecular weight excluding hydrogens is 310 g/mol. The number of aromatic nitrogens is 2. The van der Waals surface area contributed by atoms with Crippen LogP contribution in [0.3, 0.4) is 0 Å². The highest BCUT2D eigenvalue weighted by molar-refractivity contribution is 5.92. The van der Waals surface area contributed by atoms with Gasteiger partial charge in [-0.1, -0.05) is 6.07 Å². The molecule has 8 heteroatoms. The van der Waals surface area contributed by atoms with Crippen LogP contribution in [0, 0.1) is 10.1 Å². The van der Waals surface area contributed by atoms with Crippen molar-refractivity contribution in [3.8, 4) is 5.69 Å². The molecule has 0 spiro atoms. The summed E-state index contributed by atoms with van der Waals surface area (Å²) < 4.78 is 1.47. The Labute approximate surface area is 139 Å². The molecule has 3 rings (SSSR count). The number of rotatable bonds is 4. The molecule has 0 saturated carbocycles. The lowest BCUT2D eigenvalue weighted by Crippen LogP contribution is -2.46. The molecule has 1 aromatic heterocycles. The first-order chi connectivity index (χ1) is 11.5. The minimum absolute atomic E-state index is 0.0160. The molecule has 2 atom stereocenters. The fourth-order valence-corrected chi connectivity index (χ4v) is 2.86. The van der Waals surface area contributed by atoms with Crippen molar-refractivity contribution in [1.82, 2.24) is 20.4 Å². The van der Waals surface area contributed by atoms with E-state index in [2.05, 4.69) is 22.7 Å². The molecular formula is C16H19N5O3. The van der Waals surface area contributed by atoms with E-state index in [1.165, 1.54) is 16.8 Å². The number of nitrogens with one attached hydrogen (secondary N) is 2. The van der Waals surface area contributed by atoms with Crippen molar-refractivity contribution in [3.63, 3.8) is 0 Å². The quantitative estimate of drug-likeness (QED) is 0.656. The monoisotopic (exact) mass is 329 g/mol. The molecule has 1 amide bonds. The molecule has 2 N–H and O–H groups in total. The van der Waals surface area contributed by atoms with E-state index in [4.69, 9.17) is 0 Å². The van der Waals surface area contributed by atoms with Crippen LogP contribution in [-0.4, -0.2) is 39.2 Å². The van der Waals surface area contributed by atoms with E-state index in [0.717, 1.165) is 19.4 Å². The lowest BCUT2D eigenvalue weighted by molar-refractivity contribution is -0.384. The second kappa shape index (κ2) is 6.79. The first-order valence-electron chi connectivity index (χ1n) is 7.87. The number of benzene rings is 1. The highest BCUT2D eigenvalue weighted by atomic mass is 16.6. The van der Waals surface area contributed by atoms with Gasteiger partial charge in [0.1, 0.15) is 0 Å². The van der Waals surface area contributed by atoms with Crippen molar-refractivity contribution in [2.45, 2.75) is 31.8 Å². The lowest BCUT2D eigenvalue weighted by atomic mass is 10.0. The van der Waals surface area contributed by atoms with Crippen LogP contribution >= 0.6 is 0 Å². The van der Waals surface area contributed by atoms with E-state index in [0.29, 0.717) is 17.4 Å². The van der Waals surface area contributed by atoms with Crippen LogP contribution < -0.4 is 10.6 Å². The number of nitro groups is 1. The lowest BCUT2D eigenvalue weighted by Gasteiger charge is -2.28. The smallest absolute Gasteiger partial charge is 0.272 e. The summed E-state index contributed by atoms with van der Waals surface area (Å²) in [4.78, 5) is 22.7. The van der Waals surface area contributed by atoms with Crippen LogP contribution in [0.1, 0.15) is 30.3 Å². The van der Waals surface area contributed by atoms with Gasteiger partial charge in [0, 0.05) is 30.4 Å². The van der Waals surface area contributed by atoms with Gasteiger partial charge in [0.05, 0.1) is 10.6 Å². The summed E-state index contributed by atoms with van der Waals surface area (Å²) in [6.07, 6.45) is 3.40. The first-order valence-corrected chi connectivity index (χ1v) is 7.87. The SMILES string of the molecule is CC1CC(NC(=O)c2ccn(-c3cccc([N+](=O)[O-])c3)n2)CCN1. The van der Waals surface area contributed by atoms with Gasteiger partial charge >= 0.3 is 0 Å². The van der Waals surface area contributed by atoms with Crippen LogP contribution in [0.25, 0.3) is 5.69 Å². The summed E-state index contributed by atoms with van der Waals surface area (Å²) in [5.74, 6) is -0.224. The third-order valence-corrected chi connectivity index (χ3v) is 4.09. The largest absolute Gasteiger partial charge is 0.348 e. The van der Waals surface area contributed by atoms with Gasteiger partial charge in [0.2, 0.25) is 0 Å². The van der Waals surface area contributed by atoms with Gasteiger partial charge in [-0.3, -0.25) is 14.9 Å². The fraction of sp³-hybridized carbons (Fsp3) is 0.375. The average Bonchev–Trinajstić information content (AvgIpc) is 3.05. The average molecular weight is 329 g/mol. The summed E-state index contributed by atoms with van der Waals surface area (Å²) in [5, 5.41) is 21.4. The van der Waals surface area contributed by atoms with Gasteiger partial charge in [-0.15, -0.1) is 0 Å². The van der Waals surface area contributed by atoms with Crippen molar-refractivity contribution >= 4 is 11.6 Å². The predicted molar refractivity (Wildman–Crippen MR) is 88.2 cm³/mol. The zero-order chi connectivity index (χ0) is 17.1. The number of carbonyl (C=O) groups excluding carboxylic acids is 1. The maximum Gasteiger partial charge on any atom is 0.272 e. The van der Waals surface area contributed by atoms with E-state index in [1.807, 2.05) is 0 Å². The van der Waals surface area contributed by atoms with Crippen molar-refractivity contribution < 1.29 is 9.72 Å². The van der Waals surface area contributed by atoms with Gasteiger partial charge < -0.3 is 10.6 Å². The summed E-state index contributed by atoms with van der Waals surface area (Å²) in [6.45, 7) is 2.98. The number of non-ortho nitro benzene ring substituents is 1. The van der Waals surface area contributed by atoms with E-state index in [-0.39, 0.29) is 17.6 Å². The van der Waals surface area contributed by atoms with Crippen molar-refractivity contribution in [2.75, 3.05) is 6.54 Å². The highest BCUT2D eigenvalue weighted by Crippen LogP contribution is 2.16. The Morgan fingerprint density at radius 2 is 2.29 bits per heavy atom. The number of carbonyl (C=O) groups is 1. The second-order valence-electron chi connectivity index (χ2n) is 5.97. The minimum Gasteiger partial charge on any atom is -0.348 e. The molecule has 0 aliphatic carbocycles. The molecule has 1 saturated heterocycles. The molecule has 2 unspecified atom stereocenters. The normalized spacial score (nSPS) is 20.5. The molecule has 0 radical (unpaired) electrons. The second-order valence-corrected chi connectivity index (χ2v) is 5.97. The number of nitrogens with zero attached hydrogens (tertiary/aromatic N) is 3. The molecule has 126 valence electrons. The van der Waals surface area contributed by atoms with Crippen LogP contribution in [-0.2, 0) is 0 Å². The van der Waals surface area contributed by atoms with E-state index in [1.54, 1.807) is 24.4 Å². The molecule has 0 bridgehead atoms. The Balaban J connectivity index is 1.72. The Bertz CT molecular complexity index is 758. The third kappa shape index (κ3) is 3.60. The van der Waals surface area contributed by atoms with Gasteiger partial charge in [-0.2, -0.15) is 5.10 Å². The fourth-order valence-electron chi connectivity index (χ4n) is 2.86. The van der Waals surface area contributed by atoms with Gasteiger partial charge in [-0.05, 0) is 38.4 Å². The first kappa shape index (κ1) is 16.1. The maximum atomic E-state index is 12.3. The standard InChI is InChI=1S/C16H19N5O3/c1-11-9-12(5-7-17-11)18-16(22)15-6-8-20(19-15)13-3-2-4-14(10-13)21(23)24/h2-4,6,8,10-12,17H,5,7,9H2,1H3,(H,18,22). The number of hydrogen-bond acceptors (Lipinski definition) is 5. The van der Waals surface area contributed by atoms with Gasteiger partial charge in [0.25, 0.3) is 11.6 Å². The topological polar surface area (TPSA) is 102 Å². The van der Waals surface area contributed by atoms with Crippen molar-refractivity contribution in [1.29, 1.82) is 0 Å². The summed E-state index contributed by atoms with van der Waals surface area (Å²) in [6, 6.07) is 8.26. The van der Waals surface area contributed by atoms with Crippen LogP contribution in [0.2, 0.25) is 0 Å². The van der Waals surface area contributed by atoms with Crippen LogP contribution in [0.5, 0.6) is 0 Å². The van der Waals surface area contributed by atoms with Crippen LogP contribution in [0.15, 0.2) is 36.5 Å². The van der Waals surface area contributed by atoms with E-state index >= 15 is 0 Å². The molecule has 1 fully saturated rings. The molecule has 2 aromatic rings. The Kier molecular flexibility index (Phi) is 4.57. The zero-order valence-electron chi connectivity index (χ0n) is 13.3.